The molecule has 3 N–H and O–H groups in total. The summed E-state index contributed by atoms with van der Waals surface area (Å²) in [6, 6.07) is 7.81. The minimum absolute atomic E-state index is 0.233. The number of nitrogens with two attached hydrogens (primary N) is 1. The highest BCUT2D eigenvalue weighted by atomic mass is 35.5. The lowest BCUT2D eigenvalue weighted by Crippen LogP contribution is -2.12. The fourth-order valence-corrected chi connectivity index (χ4v) is 3.47. The van der Waals surface area contributed by atoms with Gasteiger partial charge in [0.1, 0.15) is 4.21 Å². The molecule has 0 bridgehead atoms. The van der Waals surface area contributed by atoms with Crippen molar-refractivity contribution < 1.29 is 8.42 Å². The van der Waals surface area contributed by atoms with Gasteiger partial charge in [0.2, 0.25) is 0 Å². The molecule has 0 unspecified atom stereocenters. The van der Waals surface area contributed by atoms with E-state index in [4.69, 9.17) is 17.3 Å². The predicted octanol–water partition coefficient (Wildman–Crippen LogP) is 2.78. The van der Waals surface area contributed by atoms with Crippen molar-refractivity contribution in [2.75, 3.05) is 10.5 Å². The van der Waals surface area contributed by atoms with Crippen LogP contribution in [0.5, 0.6) is 0 Å². The molecule has 1 aromatic carbocycles. The van der Waals surface area contributed by atoms with Gasteiger partial charge in [-0.15, -0.1) is 11.3 Å². The van der Waals surface area contributed by atoms with Crippen molar-refractivity contribution in [1.29, 1.82) is 0 Å². The van der Waals surface area contributed by atoms with Crippen LogP contribution in [-0.4, -0.2) is 8.42 Å². The number of nitrogens with one attached hydrogen (secondary N) is 1. The summed E-state index contributed by atoms with van der Waals surface area (Å²) in [5, 5.41) is 2.11. The Kier molecular flexibility index (Phi) is 3.28. The smallest absolute Gasteiger partial charge is 0.271 e. The van der Waals surface area contributed by atoms with E-state index in [1.807, 2.05) is 0 Å². The maximum atomic E-state index is 11.9. The molecule has 2 aromatic rings. The molecule has 0 aliphatic carbocycles. The number of hydrogen-bond donors (Lipinski definition) is 2. The Morgan fingerprint density at radius 1 is 1.29 bits per heavy atom. The second-order valence-corrected chi connectivity index (χ2v) is 6.56. The predicted molar refractivity (Wildman–Crippen MR) is 71.0 cm³/mol. The van der Waals surface area contributed by atoms with Gasteiger partial charge in [-0.05, 0) is 29.6 Å². The van der Waals surface area contributed by atoms with Crippen molar-refractivity contribution in [3.05, 3.63) is 40.7 Å². The largest absolute Gasteiger partial charge is 0.397 e. The Bertz CT molecular complexity index is 624. The van der Waals surface area contributed by atoms with Crippen molar-refractivity contribution in [1.82, 2.24) is 0 Å². The standard InChI is InChI=1S/C10H9ClN2O2S2/c11-7-3-4-8(12)9(6-7)13-17(14,15)10-2-1-5-16-10/h1-6,13H,12H2. The van der Waals surface area contributed by atoms with Gasteiger partial charge in [0.15, 0.2) is 0 Å². The molecule has 2 rings (SSSR count). The van der Waals surface area contributed by atoms with Crippen molar-refractivity contribution in [3.63, 3.8) is 0 Å². The van der Waals surface area contributed by atoms with Gasteiger partial charge in [0.25, 0.3) is 10.0 Å². The van der Waals surface area contributed by atoms with E-state index in [1.54, 1.807) is 23.6 Å². The average Bonchev–Trinajstić information content (AvgIpc) is 2.77. The molecule has 4 nitrogen and oxygen atoms in total. The van der Waals surface area contributed by atoms with Crippen LogP contribution >= 0.6 is 22.9 Å². The first-order chi connectivity index (χ1) is 7.99. The van der Waals surface area contributed by atoms with Gasteiger partial charge in [-0.3, -0.25) is 4.72 Å². The molecule has 1 aromatic heterocycles. The number of thiophene rings is 1. The van der Waals surface area contributed by atoms with Crippen LogP contribution in [0, 0.1) is 0 Å². The molecule has 0 aliphatic heterocycles. The summed E-state index contributed by atoms with van der Waals surface area (Å²) in [4.78, 5) is 0. The van der Waals surface area contributed by atoms with E-state index in [9.17, 15) is 8.42 Å². The Balaban J connectivity index is 2.36. The third-order valence-electron chi connectivity index (χ3n) is 2.02. The molecule has 0 fully saturated rings. The zero-order chi connectivity index (χ0) is 12.5. The van der Waals surface area contributed by atoms with Crippen LogP contribution in [0.15, 0.2) is 39.9 Å². The van der Waals surface area contributed by atoms with Crippen LogP contribution in [0.2, 0.25) is 5.02 Å². The van der Waals surface area contributed by atoms with Gasteiger partial charge in [-0.1, -0.05) is 17.7 Å². The molecule has 0 saturated heterocycles. The van der Waals surface area contributed by atoms with Gasteiger partial charge >= 0.3 is 0 Å². The highest BCUT2D eigenvalue weighted by Gasteiger charge is 2.16. The summed E-state index contributed by atoms with van der Waals surface area (Å²) in [6.07, 6.45) is 0. The van der Waals surface area contributed by atoms with E-state index < -0.39 is 10.0 Å². The maximum absolute atomic E-state index is 11.9. The van der Waals surface area contributed by atoms with Crippen LogP contribution < -0.4 is 10.5 Å². The maximum Gasteiger partial charge on any atom is 0.271 e. The number of sulfonamides is 1. The summed E-state index contributed by atoms with van der Waals surface area (Å²) in [5.74, 6) is 0. The Hall–Kier alpha value is -1.24. The Morgan fingerprint density at radius 2 is 2.06 bits per heavy atom. The molecule has 1 heterocycles. The lowest BCUT2D eigenvalue weighted by atomic mass is 10.3. The number of anilines is 2. The fourth-order valence-electron chi connectivity index (χ4n) is 1.23. The topological polar surface area (TPSA) is 72.2 Å². The van der Waals surface area contributed by atoms with Crippen molar-refractivity contribution in [2.24, 2.45) is 0 Å². The molecule has 7 heteroatoms. The van der Waals surface area contributed by atoms with E-state index in [0.29, 0.717) is 10.7 Å². The average molecular weight is 289 g/mol. The summed E-state index contributed by atoms with van der Waals surface area (Å²) in [5.41, 5.74) is 6.28. The first-order valence-electron chi connectivity index (χ1n) is 4.60. The quantitative estimate of drug-likeness (QED) is 0.853. The minimum Gasteiger partial charge on any atom is -0.397 e. The zero-order valence-electron chi connectivity index (χ0n) is 8.55. The number of halogens is 1. The molecule has 0 amide bonds. The monoisotopic (exact) mass is 288 g/mol. The second-order valence-electron chi connectivity index (χ2n) is 3.27. The fraction of sp³-hybridized carbons (Fsp3) is 0. The summed E-state index contributed by atoms with van der Waals surface area (Å²) in [7, 11) is -3.58. The number of hydrogen-bond acceptors (Lipinski definition) is 4. The number of benzene rings is 1. The Morgan fingerprint density at radius 3 is 2.71 bits per heavy atom. The second kappa shape index (κ2) is 4.56. The highest BCUT2D eigenvalue weighted by molar-refractivity contribution is 7.94. The molecular formula is C10H9ClN2O2S2. The van der Waals surface area contributed by atoms with E-state index in [-0.39, 0.29) is 9.90 Å². The normalized spacial score (nSPS) is 11.4. The van der Waals surface area contributed by atoms with Crippen LogP contribution in [0.3, 0.4) is 0 Å². The van der Waals surface area contributed by atoms with Crippen LogP contribution in [0.1, 0.15) is 0 Å². The molecule has 17 heavy (non-hydrogen) atoms. The van der Waals surface area contributed by atoms with Crippen molar-refractivity contribution in [3.8, 4) is 0 Å². The van der Waals surface area contributed by atoms with E-state index in [1.165, 1.54) is 12.1 Å². The van der Waals surface area contributed by atoms with Crippen LogP contribution in [0.25, 0.3) is 0 Å². The third-order valence-corrected chi connectivity index (χ3v) is 5.02. The Labute approximate surface area is 108 Å². The third kappa shape index (κ3) is 2.71. The SMILES string of the molecule is Nc1ccc(Cl)cc1NS(=O)(=O)c1cccs1. The molecule has 0 aliphatic rings. The minimum atomic E-state index is -3.58. The molecule has 0 saturated carbocycles. The highest BCUT2D eigenvalue weighted by Crippen LogP contribution is 2.26. The van der Waals surface area contributed by atoms with Gasteiger partial charge in [-0.25, -0.2) is 8.42 Å². The number of nitrogen functional groups attached to an aromatic ring is 1. The van der Waals surface area contributed by atoms with Crippen molar-refractivity contribution in [2.45, 2.75) is 4.21 Å². The summed E-state index contributed by atoms with van der Waals surface area (Å²) >= 11 is 6.92. The first-order valence-corrected chi connectivity index (χ1v) is 7.34. The zero-order valence-corrected chi connectivity index (χ0v) is 10.9. The van der Waals surface area contributed by atoms with Crippen molar-refractivity contribution >= 4 is 44.3 Å². The lowest BCUT2D eigenvalue weighted by Gasteiger charge is -2.09. The van der Waals surface area contributed by atoms with Gasteiger partial charge in [-0.2, -0.15) is 0 Å². The van der Waals surface area contributed by atoms with E-state index >= 15 is 0 Å². The molecule has 0 radical (unpaired) electrons. The van der Waals surface area contributed by atoms with Crippen LogP contribution in [0.4, 0.5) is 11.4 Å². The van der Waals surface area contributed by atoms with E-state index in [2.05, 4.69) is 4.72 Å². The van der Waals surface area contributed by atoms with Gasteiger partial charge in [0.05, 0.1) is 11.4 Å². The summed E-state index contributed by atoms with van der Waals surface area (Å²) in [6.45, 7) is 0. The lowest BCUT2D eigenvalue weighted by molar-refractivity contribution is 0.603. The molecule has 0 atom stereocenters. The van der Waals surface area contributed by atoms with Gasteiger partial charge < -0.3 is 5.73 Å². The first kappa shape index (κ1) is 12.2. The molecular weight excluding hydrogens is 280 g/mol. The van der Waals surface area contributed by atoms with Crippen LogP contribution in [-0.2, 0) is 10.0 Å². The summed E-state index contributed by atoms with van der Waals surface area (Å²) < 4.78 is 26.5. The van der Waals surface area contributed by atoms with Gasteiger partial charge in [0, 0.05) is 5.02 Å². The molecule has 0 spiro atoms. The van der Waals surface area contributed by atoms with E-state index in [0.717, 1.165) is 11.3 Å². The number of rotatable bonds is 3. The molecule has 90 valence electrons.